The number of carbonyl (C=O) groups excluding carboxylic acids is 1. The molecule has 4 aromatic rings. The first kappa shape index (κ1) is 19.5. The molecule has 2 aromatic heterocycles. The fourth-order valence-electron chi connectivity index (χ4n) is 2.91. The number of para-hydroxylation sites is 1. The van der Waals surface area contributed by atoms with Crippen molar-refractivity contribution in [1.82, 2.24) is 10.2 Å². The maximum Gasteiger partial charge on any atom is 0.322 e. The first-order chi connectivity index (χ1) is 14.7. The number of furan rings is 1. The van der Waals surface area contributed by atoms with Crippen LogP contribution in [0, 0.1) is 0 Å². The molecule has 0 fully saturated rings. The van der Waals surface area contributed by atoms with Crippen LogP contribution in [0.15, 0.2) is 57.4 Å². The van der Waals surface area contributed by atoms with Gasteiger partial charge in [-0.25, -0.2) is 0 Å². The second-order valence-corrected chi connectivity index (χ2v) is 6.59. The summed E-state index contributed by atoms with van der Waals surface area (Å²) in [6.07, 6.45) is 1.99. The van der Waals surface area contributed by atoms with E-state index in [2.05, 4.69) is 22.4 Å². The number of ether oxygens (including phenoxy) is 2. The molecule has 4 rings (SSSR count). The molecule has 0 aliphatic heterocycles. The molecule has 0 unspecified atom stereocenters. The van der Waals surface area contributed by atoms with Crippen LogP contribution in [0.4, 0.5) is 6.01 Å². The standard InChI is InChI=1S/C22H21N3O5/c1-3-4-11-28-16-9-5-8-15(12-16)20(26)23-22-25-24-21(30-22)18-13-14-7-6-10-17(27-2)19(14)29-18/h5-10,12-13H,3-4,11H2,1-2H3,(H,23,25,26). The first-order valence-corrected chi connectivity index (χ1v) is 9.62. The lowest BCUT2D eigenvalue weighted by Crippen LogP contribution is -2.12. The molecule has 1 N–H and O–H groups in total. The Morgan fingerprint density at radius 3 is 2.80 bits per heavy atom. The lowest BCUT2D eigenvalue weighted by molar-refractivity contribution is 0.102. The maximum atomic E-state index is 12.5. The van der Waals surface area contributed by atoms with E-state index in [1.54, 1.807) is 37.4 Å². The Bertz CT molecular complexity index is 1160. The number of hydrogen-bond donors (Lipinski definition) is 1. The minimum Gasteiger partial charge on any atom is -0.494 e. The van der Waals surface area contributed by atoms with Gasteiger partial charge in [0, 0.05) is 10.9 Å². The normalized spacial score (nSPS) is 10.9. The zero-order chi connectivity index (χ0) is 20.9. The van der Waals surface area contributed by atoms with Crippen LogP contribution in [0.5, 0.6) is 11.5 Å². The number of nitrogens with zero attached hydrogens (tertiary/aromatic N) is 2. The van der Waals surface area contributed by atoms with Crippen LogP contribution in [0.25, 0.3) is 22.6 Å². The highest BCUT2D eigenvalue weighted by Crippen LogP contribution is 2.33. The van der Waals surface area contributed by atoms with Crippen LogP contribution in [-0.2, 0) is 0 Å². The van der Waals surface area contributed by atoms with E-state index in [1.807, 2.05) is 18.2 Å². The number of aromatic nitrogens is 2. The van der Waals surface area contributed by atoms with Gasteiger partial charge in [0.25, 0.3) is 11.8 Å². The first-order valence-electron chi connectivity index (χ1n) is 9.62. The molecule has 0 aliphatic carbocycles. The number of carbonyl (C=O) groups is 1. The second kappa shape index (κ2) is 8.69. The quantitative estimate of drug-likeness (QED) is 0.414. The fraction of sp³-hybridized carbons (Fsp3) is 0.227. The molecule has 30 heavy (non-hydrogen) atoms. The van der Waals surface area contributed by atoms with Crippen molar-refractivity contribution in [3.63, 3.8) is 0 Å². The number of hydrogen-bond acceptors (Lipinski definition) is 7. The molecule has 1 amide bonds. The summed E-state index contributed by atoms with van der Waals surface area (Å²) in [4.78, 5) is 12.5. The lowest BCUT2D eigenvalue weighted by Gasteiger charge is -2.07. The molecular weight excluding hydrogens is 386 g/mol. The predicted octanol–water partition coefficient (Wildman–Crippen LogP) is 4.92. The minimum atomic E-state index is -0.377. The highest BCUT2D eigenvalue weighted by Gasteiger charge is 2.17. The Morgan fingerprint density at radius 2 is 1.97 bits per heavy atom. The van der Waals surface area contributed by atoms with E-state index in [0.717, 1.165) is 18.2 Å². The second-order valence-electron chi connectivity index (χ2n) is 6.59. The molecular formula is C22H21N3O5. The number of anilines is 1. The van der Waals surface area contributed by atoms with Crippen molar-refractivity contribution in [1.29, 1.82) is 0 Å². The van der Waals surface area contributed by atoms with Crippen molar-refractivity contribution >= 4 is 22.9 Å². The van der Waals surface area contributed by atoms with Gasteiger partial charge in [0.15, 0.2) is 17.1 Å². The van der Waals surface area contributed by atoms with Gasteiger partial charge < -0.3 is 18.3 Å². The average Bonchev–Trinajstić information content (AvgIpc) is 3.40. The van der Waals surface area contributed by atoms with Crippen LogP contribution < -0.4 is 14.8 Å². The van der Waals surface area contributed by atoms with Crippen LogP contribution in [0.1, 0.15) is 30.1 Å². The van der Waals surface area contributed by atoms with Gasteiger partial charge in [-0.2, -0.15) is 0 Å². The highest BCUT2D eigenvalue weighted by atomic mass is 16.5. The molecule has 0 saturated carbocycles. The van der Waals surface area contributed by atoms with E-state index >= 15 is 0 Å². The summed E-state index contributed by atoms with van der Waals surface area (Å²) in [5.41, 5.74) is 1.01. The molecule has 154 valence electrons. The molecule has 2 aromatic carbocycles. The van der Waals surface area contributed by atoms with E-state index in [4.69, 9.17) is 18.3 Å². The van der Waals surface area contributed by atoms with Crippen molar-refractivity contribution in [2.45, 2.75) is 19.8 Å². The Labute approximate surface area is 172 Å². The molecule has 8 heteroatoms. The summed E-state index contributed by atoms with van der Waals surface area (Å²) in [5.74, 6) is 1.40. The summed E-state index contributed by atoms with van der Waals surface area (Å²) < 4.78 is 22.3. The Morgan fingerprint density at radius 1 is 1.10 bits per heavy atom. The van der Waals surface area contributed by atoms with E-state index in [-0.39, 0.29) is 17.8 Å². The van der Waals surface area contributed by atoms with Crippen LogP contribution in [0.3, 0.4) is 0 Å². The molecule has 2 heterocycles. The minimum absolute atomic E-state index is 0.0280. The highest BCUT2D eigenvalue weighted by molar-refractivity contribution is 6.03. The number of rotatable bonds is 8. The molecule has 0 saturated heterocycles. The zero-order valence-electron chi connectivity index (χ0n) is 16.7. The third kappa shape index (κ3) is 4.12. The monoisotopic (exact) mass is 407 g/mol. The number of benzene rings is 2. The van der Waals surface area contributed by atoms with Crippen molar-refractivity contribution in [2.75, 3.05) is 19.0 Å². The zero-order valence-corrected chi connectivity index (χ0v) is 16.7. The smallest absolute Gasteiger partial charge is 0.322 e. The molecule has 0 aliphatic rings. The number of fused-ring (bicyclic) bond motifs is 1. The van der Waals surface area contributed by atoms with Crippen molar-refractivity contribution in [2.24, 2.45) is 0 Å². The number of amides is 1. The molecule has 0 atom stereocenters. The van der Waals surface area contributed by atoms with Crippen LogP contribution in [0.2, 0.25) is 0 Å². The average molecular weight is 407 g/mol. The van der Waals surface area contributed by atoms with Crippen LogP contribution in [-0.4, -0.2) is 29.8 Å². The Hall–Kier alpha value is -3.81. The van der Waals surface area contributed by atoms with E-state index in [0.29, 0.717) is 35.0 Å². The van der Waals surface area contributed by atoms with Gasteiger partial charge in [-0.3, -0.25) is 10.1 Å². The van der Waals surface area contributed by atoms with Crippen molar-refractivity contribution in [3.8, 4) is 23.1 Å². The largest absolute Gasteiger partial charge is 0.494 e. The van der Waals surface area contributed by atoms with Gasteiger partial charge in [-0.05, 0) is 36.8 Å². The van der Waals surface area contributed by atoms with E-state index in [9.17, 15) is 4.79 Å². The summed E-state index contributed by atoms with van der Waals surface area (Å²) in [6, 6.07) is 14.2. The van der Waals surface area contributed by atoms with E-state index < -0.39 is 0 Å². The topological polar surface area (TPSA) is 99.6 Å². The Kier molecular flexibility index (Phi) is 5.65. The lowest BCUT2D eigenvalue weighted by atomic mass is 10.2. The SMILES string of the molecule is CCCCOc1cccc(C(=O)Nc2nnc(-c3cc4cccc(OC)c4o3)o2)c1. The van der Waals surface area contributed by atoms with Gasteiger partial charge in [0.1, 0.15) is 5.75 Å². The third-order valence-electron chi connectivity index (χ3n) is 4.45. The van der Waals surface area contributed by atoms with Gasteiger partial charge in [-0.1, -0.05) is 36.6 Å². The Balaban J connectivity index is 1.48. The maximum absolute atomic E-state index is 12.5. The molecule has 0 bridgehead atoms. The third-order valence-corrected chi connectivity index (χ3v) is 4.45. The predicted molar refractivity (Wildman–Crippen MR) is 111 cm³/mol. The molecule has 8 nitrogen and oxygen atoms in total. The molecule has 0 radical (unpaired) electrons. The fourth-order valence-corrected chi connectivity index (χ4v) is 2.91. The van der Waals surface area contributed by atoms with Crippen molar-refractivity contribution in [3.05, 3.63) is 54.1 Å². The van der Waals surface area contributed by atoms with Crippen LogP contribution >= 0.6 is 0 Å². The molecule has 0 spiro atoms. The summed E-state index contributed by atoms with van der Waals surface area (Å²) in [7, 11) is 1.57. The van der Waals surface area contributed by atoms with Crippen molar-refractivity contribution < 1.29 is 23.1 Å². The van der Waals surface area contributed by atoms with Gasteiger partial charge >= 0.3 is 6.01 Å². The summed E-state index contributed by atoms with van der Waals surface area (Å²) >= 11 is 0. The van der Waals surface area contributed by atoms with E-state index in [1.165, 1.54) is 0 Å². The van der Waals surface area contributed by atoms with Gasteiger partial charge in [0.2, 0.25) is 0 Å². The number of methoxy groups -OCH3 is 1. The summed E-state index contributed by atoms with van der Waals surface area (Å²) in [6.45, 7) is 2.70. The summed E-state index contributed by atoms with van der Waals surface area (Å²) in [5, 5.41) is 11.3. The van der Waals surface area contributed by atoms with Gasteiger partial charge in [0.05, 0.1) is 13.7 Å². The number of nitrogens with one attached hydrogen (secondary N) is 1. The van der Waals surface area contributed by atoms with Gasteiger partial charge in [-0.15, -0.1) is 5.10 Å². The number of unbranched alkanes of at least 4 members (excludes halogenated alkanes) is 1.